The molecule has 4 N–H and O–H groups in total. The molecule has 0 bridgehead atoms. The molecular formula is C13H15N5O. The largest absolute Gasteiger partial charge is 0.395 e. The van der Waals surface area contributed by atoms with E-state index < -0.39 is 0 Å². The first-order chi connectivity index (χ1) is 9.22. The third kappa shape index (κ3) is 3.05. The SMILES string of the molecule is C=C(c1cc(NCCO)ncn1)c1cccnc1N. The number of pyridine rings is 1. The predicted octanol–water partition coefficient (Wildman–Crippen LogP) is 0.919. The van der Waals surface area contributed by atoms with Gasteiger partial charge < -0.3 is 16.2 Å². The number of hydrogen-bond donors (Lipinski definition) is 3. The van der Waals surface area contributed by atoms with Crippen LogP contribution in [0.1, 0.15) is 11.3 Å². The van der Waals surface area contributed by atoms with Crippen molar-refractivity contribution in [3.63, 3.8) is 0 Å². The zero-order valence-electron chi connectivity index (χ0n) is 10.4. The zero-order valence-corrected chi connectivity index (χ0v) is 10.4. The van der Waals surface area contributed by atoms with E-state index in [0.717, 1.165) is 5.56 Å². The average molecular weight is 257 g/mol. The fourth-order valence-corrected chi connectivity index (χ4v) is 1.61. The maximum Gasteiger partial charge on any atom is 0.131 e. The first-order valence-electron chi connectivity index (χ1n) is 5.79. The Morgan fingerprint density at radius 3 is 2.95 bits per heavy atom. The molecule has 0 aliphatic carbocycles. The molecule has 19 heavy (non-hydrogen) atoms. The van der Waals surface area contributed by atoms with E-state index in [0.29, 0.717) is 29.4 Å². The summed E-state index contributed by atoms with van der Waals surface area (Å²) in [4.78, 5) is 12.2. The lowest BCUT2D eigenvalue weighted by atomic mass is 10.1. The number of nitrogens with two attached hydrogens (primary N) is 1. The van der Waals surface area contributed by atoms with Crippen molar-refractivity contribution in [2.75, 3.05) is 24.2 Å². The van der Waals surface area contributed by atoms with Crippen LogP contribution in [0.2, 0.25) is 0 Å². The number of rotatable bonds is 5. The van der Waals surface area contributed by atoms with Crippen molar-refractivity contribution in [1.82, 2.24) is 15.0 Å². The van der Waals surface area contributed by atoms with Crippen LogP contribution in [0.4, 0.5) is 11.6 Å². The average Bonchev–Trinajstić information content (AvgIpc) is 2.45. The van der Waals surface area contributed by atoms with Gasteiger partial charge in [-0.25, -0.2) is 15.0 Å². The number of aromatic nitrogens is 3. The molecule has 2 aromatic heterocycles. The van der Waals surface area contributed by atoms with Crippen molar-refractivity contribution in [1.29, 1.82) is 0 Å². The van der Waals surface area contributed by atoms with Crippen molar-refractivity contribution in [3.8, 4) is 0 Å². The van der Waals surface area contributed by atoms with Crippen LogP contribution in [0, 0.1) is 0 Å². The molecule has 0 fully saturated rings. The van der Waals surface area contributed by atoms with Gasteiger partial charge >= 0.3 is 0 Å². The Hall–Kier alpha value is -2.47. The summed E-state index contributed by atoms with van der Waals surface area (Å²) in [6.07, 6.45) is 3.06. The van der Waals surface area contributed by atoms with Crippen molar-refractivity contribution in [2.45, 2.75) is 0 Å². The van der Waals surface area contributed by atoms with E-state index in [1.54, 1.807) is 18.3 Å². The highest BCUT2D eigenvalue weighted by atomic mass is 16.3. The van der Waals surface area contributed by atoms with Crippen molar-refractivity contribution < 1.29 is 5.11 Å². The molecule has 0 unspecified atom stereocenters. The normalized spacial score (nSPS) is 10.2. The number of aliphatic hydroxyl groups is 1. The maximum absolute atomic E-state index is 8.77. The molecule has 0 atom stereocenters. The lowest BCUT2D eigenvalue weighted by Gasteiger charge is -2.09. The van der Waals surface area contributed by atoms with Crippen molar-refractivity contribution >= 4 is 17.2 Å². The molecule has 2 rings (SSSR count). The quantitative estimate of drug-likeness (QED) is 0.737. The highest BCUT2D eigenvalue weighted by molar-refractivity contribution is 5.81. The van der Waals surface area contributed by atoms with Crippen LogP contribution in [0.15, 0.2) is 37.3 Å². The number of nitrogens with zero attached hydrogens (tertiary/aromatic N) is 3. The number of aliphatic hydroxyl groups excluding tert-OH is 1. The molecule has 0 aromatic carbocycles. The number of nitrogen functional groups attached to an aromatic ring is 1. The van der Waals surface area contributed by atoms with Crippen LogP contribution in [0.5, 0.6) is 0 Å². The Labute approximate surface area is 111 Å². The standard InChI is InChI=1S/C13H15N5O/c1-9(10-3-2-4-16-13(10)14)11-7-12(15-5-6-19)18-8-17-11/h2-4,7-8,19H,1,5-6H2,(H2,14,16)(H,15,17,18). The summed E-state index contributed by atoms with van der Waals surface area (Å²) in [5.74, 6) is 1.04. The smallest absolute Gasteiger partial charge is 0.131 e. The Kier molecular flexibility index (Phi) is 4.04. The lowest BCUT2D eigenvalue weighted by Crippen LogP contribution is -2.08. The van der Waals surface area contributed by atoms with Crippen LogP contribution in [0.3, 0.4) is 0 Å². The zero-order chi connectivity index (χ0) is 13.7. The number of hydrogen-bond acceptors (Lipinski definition) is 6. The molecule has 6 heteroatoms. The highest BCUT2D eigenvalue weighted by Gasteiger charge is 2.08. The minimum absolute atomic E-state index is 0.0375. The van der Waals surface area contributed by atoms with Gasteiger partial charge in [-0.15, -0.1) is 0 Å². The molecule has 98 valence electrons. The van der Waals surface area contributed by atoms with Gasteiger partial charge in [-0.2, -0.15) is 0 Å². The summed E-state index contributed by atoms with van der Waals surface area (Å²) in [5, 5.41) is 11.7. The van der Waals surface area contributed by atoms with Crippen LogP contribution in [-0.4, -0.2) is 33.2 Å². The minimum atomic E-state index is 0.0375. The summed E-state index contributed by atoms with van der Waals surface area (Å²) in [6, 6.07) is 5.39. The van der Waals surface area contributed by atoms with E-state index in [-0.39, 0.29) is 6.61 Å². The van der Waals surface area contributed by atoms with E-state index in [1.165, 1.54) is 6.33 Å². The molecule has 0 amide bonds. The monoisotopic (exact) mass is 257 g/mol. The molecule has 0 aliphatic rings. The van der Waals surface area contributed by atoms with Gasteiger partial charge in [-0.05, 0) is 12.1 Å². The molecular weight excluding hydrogens is 242 g/mol. The van der Waals surface area contributed by atoms with Gasteiger partial charge in [-0.1, -0.05) is 6.58 Å². The van der Waals surface area contributed by atoms with Gasteiger partial charge in [0.25, 0.3) is 0 Å². The lowest BCUT2D eigenvalue weighted by molar-refractivity contribution is 0.311. The number of nitrogens with one attached hydrogen (secondary N) is 1. The topological polar surface area (TPSA) is 97.0 Å². The summed E-state index contributed by atoms with van der Waals surface area (Å²) >= 11 is 0. The fraction of sp³-hybridized carbons (Fsp3) is 0.154. The van der Waals surface area contributed by atoms with E-state index in [2.05, 4.69) is 26.8 Å². The Morgan fingerprint density at radius 2 is 2.21 bits per heavy atom. The van der Waals surface area contributed by atoms with Crippen molar-refractivity contribution in [3.05, 3.63) is 48.6 Å². The summed E-state index contributed by atoms with van der Waals surface area (Å²) < 4.78 is 0. The van der Waals surface area contributed by atoms with Crippen molar-refractivity contribution in [2.24, 2.45) is 0 Å². The molecule has 0 saturated carbocycles. The minimum Gasteiger partial charge on any atom is -0.395 e. The molecule has 2 aromatic rings. The highest BCUT2D eigenvalue weighted by Crippen LogP contribution is 2.24. The summed E-state index contributed by atoms with van der Waals surface area (Å²) in [7, 11) is 0. The van der Waals surface area contributed by atoms with E-state index in [9.17, 15) is 0 Å². The fourth-order valence-electron chi connectivity index (χ4n) is 1.61. The van der Waals surface area contributed by atoms with E-state index >= 15 is 0 Å². The number of anilines is 2. The van der Waals surface area contributed by atoms with Gasteiger partial charge in [0.2, 0.25) is 0 Å². The Balaban J connectivity index is 2.27. The Bertz CT molecular complexity index is 585. The molecule has 0 aliphatic heterocycles. The van der Waals surface area contributed by atoms with Crippen LogP contribution >= 0.6 is 0 Å². The second kappa shape index (κ2) is 5.92. The van der Waals surface area contributed by atoms with Crippen LogP contribution < -0.4 is 11.1 Å². The van der Waals surface area contributed by atoms with Gasteiger partial charge in [0.05, 0.1) is 12.3 Å². The predicted molar refractivity (Wildman–Crippen MR) is 74.4 cm³/mol. The molecule has 2 heterocycles. The maximum atomic E-state index is 8.77. The van der Waals surface area contributed by atoms with E-state index in [1.807, 2.05) is 6.07 Å². The third-order valence-electron chi connectivity index (χ3n) is 2.56. The van der Waals surface area contributed by atoms with Crippen LogP contribution in [-0.2, 0) is 0 Å². The molecule has 6 nitrogen and oxygen atoms in total. The second-order valence-electron chi connectivity index (χ2n) is 3.85. The van der Waals surface area contributed by atoms with Gasteiger partial charge in [0, 0.05) is 29.9 Å². The third-order valence-corrected chi connectivity index (χ3v) is 2.56. The molecule has 0 saturated heterocycles. The first-order valence-corrected chi connectivity index (χ1v) is 5.79. The summed E-state index contributed by atoms with van der Waals surface area (Å²) in [5.41, 5.74) is 7.90. The second-order valence-corrected chi connectivity index (χ2v) is 3.85. The Morgan fingerprint density at radius 1 is 1.37 bits per heavy atom. The van der Waals surface area contributed by atoms with Gasteiger partial charge in [0.15, 0.2) is 0 Å². The molecule has 0 spiro atoms. The van der Waals surface area contributed by atoms with Gasteiger partial charge in [0.1, 0.15) is 18.0 Å². The summed E-state index contributed by atoms with van der Waals surface area (Å²) in [6.45, 7) is 4.46. The molecule has 0 radical (unpaired) electrons. The first kappa shape index (κ1) is 13.0. The van der Waals surface area contributed by atoms with E-state index in [4.69, 9.17) is 10.8 Å². The van der Waals surface area contributed by atoms with Crippen LogP contribution in [0.25, 0.3) is 5.57 Å². The van der Waals surface area contributed by atoms with Gasteiger partial charge in [-0.3, -0.25) is 0 Å².